The number of halogens is 3. The molecule has 1 aliphatic rings. The first-order valence-corrected chi connectivity index (χ1v) is 7.94. The highest BCUT2D eigenvalue weighted by atomic mass is 19.1. The van der Waals surface area contributed by atoms with Gasteiger partial charge in [-0.1, -0.05) is 0 Å². The smallest absolute Gasteiger partial charge is 0.319 e. The predicted molar refractivity (Wildman–Crippen MR) is 90.4 cm³/mol. The van der Waals surface area contributed by atoms with Crippen LogP contribution in [0.15, 0.2) is 36.4 Å². The molecule has 0 saturated carbocycles. The van der Waals surface area contributed by atoms with E-state index in [0.717, 1.165) is 12.1 Å². The van der Waals surface area contributed by atoms with Gasteiger partial charge in [-0.3, -0.25) is 4.79 Å². The quantitative estimate of drug-likeness (QED) is 0.879. The molecule has 26 heavy (non-hydrogen) atoms. The standard InChI is InChI=1S/C18H16F3N3O2/c1-10-6-14(2-3-15(10)21)24-5-4-16(17(24)25)23-18(26)22-13-8-11(19)7-12(20)9-13/h2-3,6-9,16H,4-5H2,1H3,(H2,22,23,26)/t16-/m0/s1. The van der Waals surface area contributed by atoms with Gasteiger partial charge in [-0.05, 0) is 49.2 Å². The lowest BCUT2D eigenvalue weighted by atomic mass is 10.2. The molecule has 1 aliphatic heterocycles. The van der Waals surface area contributed by atoms with Crippen LogP contribution in [0.2, 0.25) is 0 Å². The van der Waals surface area contributed by atoms with Gasteiger partial charge in [0, 0.05) is 24.0 Å². The van der Waals surface area contributed by atoms with E-state index in [1.807, 2.05) is 0 Å². The highest BCUT2D eigenvalue weighted by Crippen LogP contribution is 2.24. The van der Waals surface area contributed by atoms with Gasteiger partial charge in [0.25, 0.3) is 0 Å². The number of hydrogen-bond donors (Lipinski definition) is 2. The lowest BCUT2D eigenvalue weighted by Crippen LogP contribution is -2.43. The van der Waals surface area contributed by atoms with Crippen molar-refractivity contribution in [2.24, 2.45) is 0 Å². The van der Waals surface area contributed by atoms with E-state index in [0.29, 0.717) is 30.3 Å². The molecule has 2 aromatic carbocycles. The fourth-order valence-corrected chi connectivity index (χ4v) is 2.82. The Morgan fingerprint density at radius 2 is 1.81 bits per heavy atom. The van der Waals surface area contributed by atoms with Crippen molar-refractivity contribution < 1.29 is 22.8 Å². The minimum absolute atomic E-state index is 0.0588. The molecule has 1 fully saturated rings. The summed E-state index contributed by atoms with van der Waals surface area (Å²) in [5, 5.41) is 4.77. The largest absolute Gasteiger partial charge is 0.326 e. The Morgan fingerprint density at radius 1 is 1.12 bits per heavy atom. The van der Waals surface area contributed by atoms with Crippen LogP contribution < -0.4 is 15.5 Å². The van der Waals surface area contributed by atoms with Crippen molar-refractivity contribution in [3.63, 3.8) is 0 Å². The molecule has 3 rings (SSSR count). The van der Waals surface area contributed by atoms with Gasteiger partial charge >= 0.3 is 6.03 Å². The normalized spacial score (nSPS) is 16.7. The van der Waals surface area contributed by atoms with Gasteiger partial charge in [-0.15, -0.1) is 0 Å². The van der Waals surface area contributed by atoms with Gasteiger partial charge in [-0.2, -0.15) is 0 Å². The molecule has 0 bridgehead atoms. The number of hydrogen-bond acceptors (Lipinski definition) is 2. The fraction of sp³-hybridized carbons (Fsp3) is 0.222. The van der Waals surface area contributed by atoms with Crippen LogP contribution in [0.25, 0.3) is 0 Å². The molecule has 8 heteroatoms. The summed E-state index contributed by atoms with van der Waals surface area (Å²) in [5.41, 5.74) is 0.903. The van der Waals surface area contributed by atoms with E-state index in [1.165, 1.54) is 17.0 Å². The summed E-state index contributed by atoms with van der Waals surface area (Å²) >= 11 is 0. The summed E-state index contributed by atoms with van der Waals surface area (Å²) in [5.74, 6) is -2.35. The van der Waals surface area contributed by atoms with Crippen LogP contribution in [0, 0.1) is 24.4 Å². The van der Waals surface area contributed by atoms with Gasteiger partial charge in [0.1, 0.15) is 23.5 Å². The van der Waals surface area contributed by atoms with Gasteiger partial charge < -0.3 is 15.5 Å². The molecule has 0 aromatic heterocycles. The van der Waals surface area contributed by atoms with Crippen LogP contribution in [0.5, 0.6) is 0 Å². The molecule has 0 unspecified atom stereocenters. The highest BCUT2D eigenvalue weighted by Gasteiger charge is 2.33. The Balaban J connectivity index is 1.64. The first kappa shape index (κ1) is 17.8. The molecule has 3 amide bonds. The van der Waals surface area contributed by atoms with Crippen molar-refractivity contribution in [3.05, 3.63) is 59.4 Å². The second kappa shape index (κ2) is 7.07. The van der Waals surface area contributed by atoms with E-state index < -0.39 is 23.7 Å². The second-order valence-corrected chi connectivity index (χ2v) is 6.02. The van der Waals surface area contributed by atoms with E-state index in [1.54, 1.807) is 13.0 Å². The molecule has 0 radical (unpaired) electrons. The highest BCUT2D eigenvalue weighted by molar-refractivity contribution is 6.02. The summed E-state index contributed by atoms with van der Waals surface area (Å²) in [6, 6.07) is 5.43. The van der Waals surface area contributed by atoms with E-state index in [4.69, 9.17) is 0 Å². The van der Waals surface area contributed by atoms with Gasteiger partial charge in [0.15, 0.2) is 0 Å². The van der Waals surface area contributed by atoms with E-state index in [2.05, 4.69) is 10.6 Å². The number of nitrogens with one attached hydrogen (secondary N) is 2. The van der Waals surface area contributed by atoms with E-state index in [-0.39, 0.29) is 17.4 Å². The molecule has 0 aliphatic carbocycles. The first-order valence-electron chi connectivity index (χ1n) is 7.94. The predicted octanol–water partition coefficient (Wildman–Crippen LogP) is 3.34. The number of anilines is 2. The number of nitrogens with zero attached hydrogens (tertiary/aromatic N) is 1. The Hall–Kier alpha value is -3.03. The number of urea groups is 1. The third-order valence-corrected chi connectivity index (χ3v) is 4.08. The van der Waals surface area contributed by atoms with Crippen LogP contribution in [-0.2, 0) is 4.79 Å². The summed E-state index contributed by atoms with van der Waals surface area (Å²) in [4.78, 5) is 25.9. The molecular formula is C18H16F3N3O2. The van der Waals surface area contributed by atoms with Crippen molar-refractivity contribution in [1.29, 1.82) is 0 Å². The minimum atomic E-state index is -0.824. The molecular weight excluding hydrogens is 347 g/mol. The van der Waals surface area contributed by atoms with Crippen molar-refractivity contribution >= 4 is 23.3 Å². The van der Waals surface area contributed by atoms with Crippen LogP contribution in [-0.4, -0.2) is 24.5 Å². The fourth-order valence-electron chi connectivity index (χ4n) is 2.82. The zero-order valence-corrected chi connectivity index (χ0v) is 13.9. The van der Waals surface area contributed by atoms with Crippen LogP contribution in [0.3, 0.4) is 0 Å². The number of carbonyl (C=O) groups is 2. The maximum Gasteiger partial charge on any atom is 0.319 e. The molecule has 2 N–H and O–H groups in total. The molecule has 1 heterocycles. The summed E-state index contributed by atoms with van der Waals surface area (Å²) in [6.45, 7) is 1.96. The molecule has 5 nitrogen and oxygen atoms in total. The minimum Gasteiger partial charge on any atom is -0.326 e. The monoisotopic (exact) mass is 363 g/mol. The Kier molecular flexibility index (Phi) is 4.83. The Morgan fingerprint density at radius 3 is 2.46 bits per heavy atom. The molecule has 0 spiro atoms. The first-order chi connectivity index (χ1) is 12.3. The molecule has 1 atom stereocenters. The van der Waals surface area contributed by atoms with Gasteiger partial charge in [-0.25, -0.2) is 18.0 Å². The van der Waals surface area contributed by atoms with E-state index in [9.17, 15) is 22.8 Å². The zero-order valence-electron chi connectivity index (χ0n) is 13.9. The van der Waals surface area contributed by atoms with Crippen molar-refractivity contribution in [2.45, 2.75) is 19.4 Å². The van der Waals surface area contributed by atoms with Gasteiger partial charge in [0.05, 0.1) is 0 Å². The topological polar surface area (TPSA) is 61.4 Å². The molecule has 1 saturated heterocycles. The van der Waals surface area contributed by atoms with E-state index >= 15 is 0 Å². The van der Waals surface area contributed by atoms with Crippen LogP contribution >= 0.6 is 0 Å². The summed E-state index contributed by atoms with van der Waals surface area (Å²) in [7, 11) is 0. The van der Waals surface area contributed by atoms with Crippen molar-refractivity contribution in [1.82, 2.24) is 5.32 Å². The molecule has 136 valence electrons. The average Bonchev–Trinajstić information content (AvgIpc) is 2.90. The van der Waals surface area contributed by atoms with Gasteiger partial charge in [0.2, 0.25) is 5.91 Å². The number of aryl methyl sites for hydroxylation is 1. The van der Waals surface area contributed by atoms with Crippen LogP contribution in [0.4, 0.5) is 29.3 Å². The number of amides is 3. The second-order valence-electron chi connectivity index (χ2n) is 6.02. The Bertz CT molecular complexity index is 853. The lowest BCUT2D eigenvalue weighted by molar-refractivity contribution is -0.118. The van der Waals surface area contributed by atoms with Crippen molar-refractivity contribution in [2.75, 3.05) is 16.8 Å². The molecule has 2 aromatic rings. The average molecular weight is 363 g/mol. The summed E-state index contributed by atoms with van der Waals surface area (Å²) in [6.07, 6.45) is 0.361. The third kappa shape index (κ3) is 3.79. The number of benzene rings is 2. The maximum atomic E-state index is 13.4. The Labute approximate surface area is 147 Å². The lowest BCUT2D eigenvalue weighted by Gasteiger charge is -2.18. The number of carbonyl (C=O) groups excluding carboxylic acids is 2. The zero-order chi connectivity index (χ0) is 18.8. The SMILES string of the molecule is Cc1cc(N2CC[C@H](NC(=O)Nc3cc(F)cc(F)c3)C2=O)ccc1F. The van der Waals surface area contributed by atoms with Crippen LogP contribution in [0.1, 0.15) is 12.0 Å². The summed E-state index contributed by atoms with van der Waals surface area (Å²) < 4.78 is 39.7. The van der Waals surface area contributed by atoms with Crippen molar-refractivity contribution in [3.8, 4) is 0 Å². The third-order valence-electron chi connectivity index (χ3n) is 4.08. The maximum absolute atomic E-state index is 13.4. The number of rotatable bonds is 3.